The third kappa shape index (κ3) is 3.36. The molecule has 8 heteroatoms. The number of hydrogen-bond acceptors (Lipinski definition) is 5. The second-order valence-corrected chi connectivity index (χ2v) is 7.50. The van der Waals surface area contributed by atoms with E-state index in [9.17, 15) is 4.79 Å². The van der Waals surface area contributed by atoms with Crippen LogP contribution in [0.1, 0.15) is 22.3 Å². The molecule has 3 aromatic rings. The van der Waals surface area contributed by atoms with Gasteiger partial charge in [-0.05, 0) is 31.0 Å². The van der Waals surface area contributed by atoms with Gasteiger partial charge in [-0.2, -0.15) is 0 Å². The summed E-state index contributed by atoms with van der Waals surface area (Å²) in [6, 6.07) is 6.99. The first-order valence-corrected chi connectivity index (χ1v) is 9.20. The van der Waals surface area contributed by atoms with Crippen molar-refractivity contribution in [2.24, 2.45) is 5.73 Å². The minimum atomic E-state index is -0.529. The number of anilines is 1. The number of benzene rings is 1. The molecule has 1 saturated heterocycles. The highest BCUT2D eigenvalue weighted by Crippen LogP contribution is 2.30. The van der Waals surface area contributed by atoms with E-state index in [1.807, 2.05) is 13.1 Å². The summed E-state index contributed by atoms with van der Waals surface area (Å²) in [6.45, 7) is 3.77. The summed E-state index contributed by atoms with van der Waals surface area (Å²) < 4.78 is 0. The molecule has 1 atom stereocenters. The number of amides is 1. The van der Waals surface area contributed by atoms with Gasteiger partial charge in [0, 0.05) is 25.8 Å². The predicted molar refractivity (Wildman–Crippen MR) is 106 cm³/mol. The lowest BCUT2D eigenvalue weighted by atomic mass is 10.00. The number of aromatic amines is 1. The number of aryl methyl sites for hydroxylation is 1. The number of carbonyl (C=O) groups excluding carboxylic acids is 1. The van der Waals surface area contributed by atoms with Crippen molar-refractivity contribution in [2.75, 3.05) is 24.5 Å². The first-order valence-electron chi connectivity index (χ1n) is 8.82. The SMILES string of the molecule is Cc1c[nH]c2ncnc(N3CCC(N)(CNC(=O)c4ccccc4Cl)C3)c12. The maximum absolute atomic E-state index is 12.4. The fourth-order valence-corrected chi connectivity index (χ4v) is 3.78. The zero-order chi connectivity index (χ0) is 19.0. The Morgan fingerprint density at radius 2 is 2.22 bits per heavy atom. The first-order chi connectivity index (χ1) is 13.0. The van der Waals surface area contributed by atoms with Gasteiger partial charge in [0.1, 0.15) is 17.8 Å². The lowest BCUT2D eigenvalue weighted by Crippen LogP contribution is -2.52. The molecule has 0 bridgehead atoms. The fourth-order valence-electron chi connectivity index (χ4n) is 3.56. The van der Waals surface area contributed by atoms with Crippen LogP contribution in [0, 0.1) is 6.92 Å². The molecule has 1 unspecified atom stereocenters. The lowest BCUT2D eigenvalue weighted by molar-refractivity contribution is 0.0945. The van der Waals surface area contributed by atoms with Crippen LogP contribution in [-0.4, -0.2) is 46.0 Å². The van der Waals surface area contributed by atoms with Gasteiger partial charge in [0.25, 0.3) is 5.91 Å². The zero-order valence-corrected chi connectivity index (χ0v) is 15.8. The molecule has 1 aliphatic rings. The molecular weight excluding hydrogens is 364 g/mol. The largest absolute Gasteiger partial charge is 0.354 e. The van der Waals surface area contributed by atoms with E-state index >= 15 is 0 Å². The van der Waals surface area contributed by atoms with E-state index in [4.69, 9.17) is 17.3 Å². The van der Waals surface area contributed by atoms with Crippen LogP contribution in [0.15, 0.2) is 36.8 Å². The number of H-pyrrole nitrogens is 1. The molecule has 1 amide bonds. The average Bonchev–Trinajstić information content (AvgIpc) is 3.24. The molecule has 0 aliphatic carbocycles. The fraction of sp³-hybridized carbons (Fsp3) is 0.316. The van der Waals surface area contributed by atoms with Crippen LogP contribution < -0.4 is 16.0 Å². The summed E-state index contributed by atoms with van der Waals surface area (Å²) in [5.41, 5.74) is 8.41. The number of rotatable bonds is 4. The quantitative estimate of drug-likeness (QED) is 0.640. The topological polar surface area (TPSA) is 99.9 Å². The molecule has 1 fully saturated rings. The summed E-state index contributed by atoms with van der Waals surface area (Å²) in [6.07, 6.45) is 4.24. The molecule has 7 nitrogen and oxygen atoms in total. The molecule has 2 aromatic heterocycles. The molecule has 4 rings (SSSR count). The van der Waals surface area contributed by atoms with Crippen LogP contribution in [-0.2, 0) is 0 Å². The van der Waals surface area contributed by atoms with Crippen molar-refractivity contribution in [3.05, 3.63) is 52.9 Å². The highest BCUT2D eigenvalue weighted by Gasteiger charge is 2.36. The van der Waals surface area contributed by atoms with E-state index in [2.05, 4.69) is 25.2 Å². The number of carbonyl (C=O) groups is 1. The smallest absolute Gasteiger partial charge is 0.252 e. The van der Waals surface area contributed by atoms with Gasteiger partial charge in [-0.25, -0.2) is 9.97 Å². The summed E-state index contributed by atoms with van der Waals surface area (Å²) in [5, 5.41) is 4.37. The third-order valence-electron chi connectivity index (χ3n) is 5.05. The second kappa shape index (κ2) is 6.83. The van der Waals surface area contributed by atoms with E-state index in [0.29, 0.717) is 23.7 Å². The molecule has 1 aliphatic heterocycles. The van der Waals surface area contributed by atoms with Crippen molar-refractivity contribution in [2.45, 2.75) is 18.9 Å². The van der Waals surface area contributed by atoms with Crippen LogP contribution in [0.4, 0.5) is 5.82 Å². The molecule has 27 heavy (non-hydrogen) atoms. The number of hydrogen-bond donors (Lipinski definition) is 3. The van der Waals surface area contributed by atoms with Gasteiger partial charge < -0.3 is 20.9 Å². The molecule has 4 N–H and O–H groups in total. The highest BCUT2D eigenvalue weighted by atomic mass is 35.5. The molecular formula is C19H21ClN6O. The van der Waals surface area contributed by atoms with Gasteiger partial charge >= 0.3 is 0 Å². The van der Waals surface area contributed by atoms with E-state index in [-0.39, 0.29) is 5.91 Å². The van der Waals surface area contributed by atoms with E-state index in [1.165, 1.54) is 0 Å². The Balaban J connectivity index is 1.47. The van der Waals surface area contributed by atoms with Gasteiger partial charge in [0.05, 0.1) is 21.5 Å². The van der Waals surface area contributed by atoms with Crippen molar-refractivity contribution < 1.29 is 4.79 Å². The summed E-state index contributed by atoms with van der Waals surface area (Å²) in [5.74, 6) is 0.665. The maximum Gasteiger partial charge on any atom is 0.252 e. The van der Waals surface area contributed by atoms with Crippen molar-refractivity contribution in [1.29, 1.82) is 0 Å². The minimum absolute atomic E-state index is 0.213. The van der Waals surface area contributed by atoms with Gasteiger partial charge in [-0.3, -0.25) is 4.79 Å². The maximum atomic E-state index is 12.4. The van der Waals surface area contributed by atoms with E-state index < -0.39 is 5.54 Å². The average molecular weight is 385 g/mol. The zero-order valence-electron chi connectivity index (χ0n) is 15.0. The predicted octanol–water partition coefficient (Wildman–Crippen LogP) is 2.26. The normalized spacial score (nSPS) is 19.6. The van der Waals surface area contributed by atoms with Crippen molar-refractivity contribution in [3.8, 4) is 0 Å². The first kappa shape index (κ1) is 17.8. The van der Waals surface area contributed by atoms with Crippen LogP contribution in [0.25, 0.3) is 11.0 Å². The lowest BCUT2D eigenvalue weighted by Gasteiger charge is -2.25. The molecule has 1 aromatic carbocycles. The van der Waals surface area contributed by atoms with Gasteiger partial charge in [-0.1, -0.05) is 23.7 Å². The number of nitrogens with one attached hydrogen (secondary N) is 2. The van der Waals surface area contributed by atoms with Gasteiger partial charge in [0.2, 0.25) is 0 Å². The van der Waals surface area contributed by atoms with Crippen molar-refractivity contribution >= 4 is 34.4 Å². The molecule has 0 spiro atoms. The van der Waals surface area contributed by atoms with E-state index in [0.717, 1.165) is 35.4 Å². The second-order valence-electron chi connectivity index (χ2n) is 7.09. The van der Waals surface area contributed by atoms with E-state index in [1.54, 1.807) is 30.6 Å². The van der Waals surface area contributed by atoms with Crippen molar-refractivity contribution in [1.82, 2.24) is 20.3 Å². The van der Waals surface area contributed by atoms with Crippen LogP contribution in [0.5, 0.6) is 0 Å². The number of aromatic nitrogens is 3. The molecule has 3 heterocycles. The summed E-state index contributed by atoms with van der Waals surface area (Å²) in [4.78, 5) is 26.5. The third-order valence-corrected chi connectivity index (χ3v) is 5.38. The number of fused-ring (bicyclic) bond motifs is 1. The molecule has 0 saturated carbocycles. The summed E-state index contributed by atoms with van der Waals surface area (Å²) >= 11 is 6.09. The molecule has 140 valence electrons. The standard InChI is InChI=1S/C19H21ClN6O/c1-12-8-22-16-15(12)17(25-11-24-16)26-7-6-19(21,10-26)9-23-18(27)13-4-2-3-5-14(13)20/h2-5,8,11H,6-7,9-10,21H2,1H3,(H,23,27)(H,22,24,25). The van der Waals surface area contributed by atoms with Gasteiger partial charge in [0.15, 0.2) is 0 Å². The number of nitrogens with two attached hydrogens (primary N) is 1. The molecule has 0 radical (unpaired) electrons. The Morgan fingerprint density at radius 1 is 1.41 bits per heavy atom. The Kier molecular flexibility index (Phi) is 4.49. The van der Waals surface area contributed by atoms with Crippen LogP contribution in [0.2, 0.25) is 5.02 Å². The minimum Gasteiger partial charge on any atom is -0.354 e. The summed E-state index contributed by atoms with van der Waals surface area (Å²) in [7, 11) is 0. The Morgan fingerprint density at radius 3 is 3.04 bits per heavy atom. The number of nitrogens with zero attached hydrogens (tertiary/aromatic N) is 3. The Bertz CT molecular complexity index is 1000. The van der Waals surface area contributed by atoms with Crippen LogP contribution >= 0.6 is 11.6 Å². The Labute approximate surface area is 161 Å². The van der Waals surface area contributed by atoms with Crippen molar-refractivity contribution in [3.63, 3.8) is 0 Å². The highest BCUT2D eigenvalue weighted by molar-refractivity contribution is 6.33. The number of halogens is 1. The monoisotopic (exact) mass is 384 g/mol. The van der Waals surface area contributed by atoms with Crippen LogP contribution in [0.3, 0.4) is 0 Å². The Hall–Kier alpha value is -2.64. The van der Waals surface area contributed by atoms with Gasteiger partial charge in [-0.15, -0.1) is 0 Å².